The van der Waals surface area contributed by atoms with Crippen molar-refractivity contribution >= 4 is 17.1 Å². The Labute approximate surface area is 161 Å². The average molecular weight is 381 g/mol. The number of likely N-dealkylation sites (tertiary alicyclic amines) is 1. The van der Waals surface area contributed by atoms with Crippen LogP contribution in [0, 0.1) is 0 Å². The van der Waals surface area contributed by atoms with E-state index in [4.69, 9.17) is 0 Å². The van der Waals surface area contributed by atoms with Gasteiger partial charge in [-0.05, 0) is 24.8 Å². The van der Waals surface area contributed by atoms with E-state index in [0.717, 1.165) is 23.8 Å². The van der Waals surface area contributed by atoms with E-state index in [1.807, 2.05) is 23.1 Å². The predicted octanol–water partition coefficient (Wildman–Crippen LogP) is 0.667. The van der Waals surface area contributed by atoms with Crippen molar-refractivity contribution < 1.29 is 4.79 Å². The zero-order valence-electron chi connectivity index (χ0n) is 16.0. The van der Waals surface area contributed by atoms with Crippen molar-refractivity contribution in [3.05, 3.63) is 63.1 Å². The van der Waals surface area contributed by atoms with E-state index in [0.29, 0.717) is 17.7 Å². The van der Waals surface area contributed by atoms with Crippen molar-refractivity contribution in [3.8, 4) is 0 Å². The Morgan fingerprint density at radius 2 is 1.93 bits per heavy atom. The van der Waals surface area contributed by atoms with E-state index in [1.54, 1.807) is 18.7 Å². The lowest BCUT2D eigenvalue weighted by molar-refractivity contribution is -0.132. The first-order valence-corrected chi connectivity index (χ1v) is 9.41. The summed E-state index contributed by atoms with van der Waals surface area (Å²) in [6.07, 6.45) is 4.12. The van der Waals surface area contributed by atoms with Gasteiger partial charge in [0.15, 0.2) is 11.2 Å². The number of hydrogen-bond acceptors (Lipinski definition) is 4. The molecule has 0 spiro atoms. The molecule has 8 nitrogen and oxygen atoms in total. The molecule has 0 radical (unpaired) electrons. The summed E-state index contributed by atoms with van der Waals surface area (Å²) in [5.41, 5.74) is 0.812. The number of hydrogen-bond donors (Lipinski definition) is 0. The number of nitrogens with zero attached hydrogens (tertiary/aromatic N) is 5. The number of carbonyl (C=O) groups excluding carboxylic acids is 1. The highest BCUT2D eigenvalue weighted by molar-refractivity contribution is 5.77. The van der Waals surface area contributed by atoms with Gasteiger partial charge in [0.25, 0.3) is 5.56 Å². The van der Waals surface area contributed by atoms with Crippen LogP contribution in [0.1, 0.15) is 18.4 Å². The van der Waals surface area contributed by atoms with Crippen LogP contribution in [-0.4, -0.2) is 42.1 Å². The molecule has 1 saturated heterocycles. The highest BCUT2D eigenvalue weighted by Crippen LogP contribution is 2.21. The molecule has 1 aliphatic heterocycles. The Bertz CT molecular complexity index is 1140. The van der Waals surface area contributed by atoms with E-state index >= 15 is 0 Å². The van der Waals surface area contributed by atoms with E-state index in [-0.39, 0.29) is 18.5 Å². The number of fused-ring (bicyclic) bond motifs is 1. The Balaban J connectivity index is 1.62. The fourth-order valence-corrected chi connectivity index (χ4v) is 4.02. The number of aromatic nitrogens is 4. The third-order valence-electron chi connectivity index (χ3n) is 5.51. The molecule has 1 unspecified atom stereocenters. The maximum absolute atomic E-state index is 13.0. The topological polar surface area (TPSA) is 82.1 Å². The maximum atomic E-state index is 13.0. The number of imidazole rings is 1. The van der Waals surface area contributed by atoms with Gasteiger partial charge in [-0.15, -0.1) is 0 Å². The molecule has 0 N–H and O–H groups in total. The van der Waals surface area contributed by atoms with Crippen molar-refractivity contribution in [1.82, 2.24) is 23.6 Å². The average Bonchev–Trinajstić information content (AvgIpc) is 3.31. The Hall–Kier alpha value is -3.16. The minimum absolute atomic E-state index is 0.0925. The number of aryl methyl sites for hydroxylation is 2. The molecule has 28 heavy (non-hydrogen) atoms. The first kappa shape index (κ1) is 18.2. The smallest absolute Gasteiger partial charge is 0.332 e. The van der Waals surface area contributed by atoms with Crippen LogP contribution in [0.25, 0.3) is 11.2 Å². The van der Waals surface area contributed by atoms with Crippen LogP contribution in [0.15, 0.2) is 46.2 Å². The molecule has 2 aromatic heterocycles. The molecule has 1 atom stereocenters. The molecule has 1 aliphatic rings. The molecule has 0 bridgehead atoms. The highest BCUT2D eigenvalue weighted by atomic mass is 16.2. The van der Waals surface area contributed by atoms with Gasteiger partial charge in [-0.2, -0.15) is 0 Å². The minimum Gasteiger partial charge on any atom is -0.338 e. The van der Waals surface area contributed by atoms with Gasteiger partial charge in [-0.25, -0.2) is 14.3 Å². The molecule has 1 amide bonds. The van der Waals surface area contributed by atoms with E-state index in [1.165, 1.54) is 16.5 Å². The fourth-order valence-electron chi connectivity index (χ4n) is 4.02. The summed E-state index contributed by atoms with van der Waals surface area (Å²) in [6.45, 7) is 0.400. The lowest BCUT2D eigenvalue weighted by atomic mass is 10.0. The number of amides is 1. The van der Waals surface area contributed by atoms with Crippen LogP contribution in [0.5, 0.6) is 0 Å². The molecule has 146 valence electrons. The van der Waals surface area contributed by atoms with Crippen LogP contribution in [0.2, 0.25) is 0 Å². The van der Waals surface area contributed by atoms with Crippen LogP contribution in [0.4, 0.5) is 0 Å². The molecule has 8 heteroatoms. The van der Waals surface area contributed by atoms with Gasteiger partial charge in [-0.3, -0.25) is 14.2 Å². The molecule has 3 aromatic rings. The standard InChI is InChI=1S/C20H23N5O3/c1-22-13-21-18-17(22)19(27)25(20(28)23(18)2)12-16(26)24-10-6-9-15(24)11-14-7-4-3-5-8-14/h3-5,7-8,13,15H,6,9-12H2,1-2H3. The molecule has 3 heterocycles. The summed E-state index contributed by atoms with van der Waals surface area (Å²) < 4.78 is 3.91. The fraction of sp³-hybridized carbons (Fsp3) is 0.400. The van der Waals surface area contributed by atoms with E-state index in [9.17, 15) is 14.4 Å². The van der Waals surface area contributed by atoms with E-state index < -0.39 is 11.2 Å². The lowest BCUT2D eigenvalue weighted by Gasteiger charge is -2.25. The minimum atomic E-state index is -0.525. The molecule has 4 rings (SSSR count). The molecule has 1 fully saturated rings. The third-order valence-corrected chi connectivity index (χ3v) is 5.51. The van der Waals surface area contributed by atoms with Gasteiger partial charge in [0.1, 0.15) is 6.54 Å². The van der Waals surface area contributed by atoms with Gasteiger partial charge >= 0.3 is 5.69 Å². The van der Waals surface area contributed by atoms with Gasteiger partial charge in [-0.1, -0.05) is 30.3 Å². The second-order valence-corrected chi connectivity index (χ2v) is 7.33. The monoisotopic (exact) mass is 381 g/mol. The Morgan fingerprint density at radius 1 is 1.18 bits per heavy atom. The van der Waals surface area contributed by atoms with Crippen molar-refractivity contribution in [1.29, 1.82) is 0 Å². The summed E-state index contributed by atoms with van der Waals surface area (Å²) in [6, 6.07) is 10.1. The van der Waals surface area contributed by atoms with Gasteiger partial charge < -0.3 is 9.47 Å². The summed E-state index contributed by atoms with van der Waals surface area (Å²) in [5, 5.41) is 0. The zero-order chi connectivity index (χ0) is 19.8. The molecule has 0 aliphatic carbocycles. The van der Waals surface area contributed by atoms with Crippen LogP contribution in [-0.2, 0) is 31.9 Å². The second-order valence-electron chi connectivity index (χ2n) is 7.33. The van der Waals surface area contributed by atoms with Crippen molar-refractivity contribution in [2.45, 2.75) is 31.8 Å². The SMILES string of the molecule is Cn1cnc2c1c(=O)n(CC(=O)N1CCCC1Cc1ccccc1)c(=O)n2C. The predicted molar refractivity (Wildman–Crippen MR) is 105 cm³/mol. The van der Waals surface area contributed by atoms with Crippen LogP contribution in [0.3, 0.4) is 0 Å². The van der Waals surface area contributed by atoms with E-state index in [2.05, 4.69) is 17.1 Å². The first-order chi connectivity index (χ1) is 13.5. The van der Waals surface area contributed by atoms with Gasteiger partial charge in [0.2, 0.25) is 5.91 Å². The number of rotatable bonds is 4. The van der Waals surface area contributed by atoms with Crippen molar-refractivity contribution in [2.24, 2.45) is 14.1 Å². The second kappa shape index (κ2) is 7.10. The summed E-state index contributed by atoms with van der Waals surface area (Å²) in [7, 11) is 3.26. The maximum Gasteiger partial charge on any atom is 0.332 e. The molecular weight excluding hydrogens is 358 g/mol. The molecule has 1 aromatic carbocycles. The van der Waals surface area contributed by atoms with Gasteiger partial charge in [0.05, 0.1) is 6.33 Å². The number of carbonyl (C=O) groups is 1. The van der Waals surface area contributed by atoms with Crippen molar-refractivity contribution in [2.75, 3.05) is 6.54 Å². The number of benzene rings is 1. The quantitative estimate of drug-likeness (QED) is 0.665. The Morgan fingerprint density at radius 3 is 2.68 bits per heavy atom. The zero-order valence-corrected chi connectivity index (χ0v) is 16.0. The molecule has 0 saturated carbocycles. The third kappa shape index (κ3) is 3.04. The lowest BCUT2D eigenvalue weighted by Crippen LogP contribution is -2.46. The van der Waals surface area contributed by atoms with Crippen LogP contribution < -0.4 is 11.2 Å². The largest absolute Gasteiger partial charge is 0.338 e. The normalized spacial score (nSPS) is 16.8. The summed E-state index contributed by atoms with van der Waals surface area (Å²) in [5.74, 6) is -0.195. The summed E-state index contributed by atoms with van der Waals surface area (Å²) >= 11 is 0. The first-order valence-electron chi connectivity index (χ1n) is 9.41. The van der Waals surface area contributed by atoms with Crippen molar-refractivity contribution in [3.63, 3.8) is 0 Å². The Kier molecular flexibility index (Phi) is 4.62. The highest BCUT2D eigenvalue weighted by Gasteiger charge is 2.29. The van der Waals surface area contributed by atoms with Crippen LogP contribution >= 0.6 is 0 Å². The summed E-state index contributed by atoms with van der Waals surface area (Å²) in [4.78, 5) is 44.4. The molecular formula is C20H23N5O3. The van der Waals surface area contributed by atoms with Gasteiger partial charge in [0, 0.05) is 26.7 Å².